The topological polar surface area (TPSA) is 49.5 Å². The van der Waals surface area contributed by atoms with Crippen molar-refractivity contribution in [3.63, 3.8) is 0 Å². The largest absolute Gasteiger partial charge is 0.506 e. The molecule has 1 heterocycles. The second kappa shape index (κ2) is 6.09. The summed E-state index contributed by atoms with van der Waals surface area (Å²) in [4.78, 5) is 2.42. The SMILES string of the molecule is Cc1cc(Cc2ccc(N3CCCC3)cc2)c(N)c(Cl)c1O. The van der Waals surface area contributed by atoms with Crippen LogP contribution < -0.4 is 10.6 Å². The first-order chi connectivity index (χ1) is 10.6. The first kappa shape index (κ1) is 15.0. The van der Waals surface area contributed by atoms with Gasteiger partial charge in [-0.05, 0) is 61.1 Å². The van der Waals surface area contributed by atoms with Crippen molar-refractivity contribution < 1.29 is 5.11 Å². The van der Waals surface area contributed by atoms with Crippen LogP contribution >= 0.6 is 11.6 Å². The number of hydrogen-bond acceptors (Lipinski definition) is 3. The van der Waals surface area contributed by atoms with Crippen LogP contribution in [-0.2, 0) is 6.42 Å². The highest BCUT2D eigenvalue weighted by Gasteiger charge is 2.14. The predicted octanol–water partition coefficient (Wildman–Crippen LogP) is 4.13. The Bertz CT molecular complexity index is 676. The molecule has 1 fully saturated rings. The highest BCUT2D eigenvalue weighted by molar-refractivity contribution is 6.34. The fourth-order valence-electron chi connectivity index (χ4n) is 3.02. The Morgan fingerprint density at radius 1 is 1.18 bits per heavy atom. The number of phenols is 1. The van der Waals surface area contributed by atoms with Crippen LogP contribution in [0.3, 0.4) is 0 Å². The van der Waals surface area contributed by atoms with Crippen LogP contribution in [0.15, 0.2) is 30.3 Å². The molecule has 0 bridgehead atoms. The standard InChI is InChI=1S/C18H21ClN2O/c1-12-10-14(17(20)16(19)18(12)22)11-13-4-6-15(7-5-13)21-8-2-3-9-21/h4-7,10,22H,2-3,8-9,11,20H2,1H3. The van der Waals surface area contributed by atoms with Gasteiger partial charge >= 0.3 is 0 Å². The molecule has 3 N–H and O–H groups in total. The molecule has 2 aromatic rings. The fraction of sp³-hybridized carbons (Fsp3) is 0.333. The van der Waals surface area contributed by atoms with Crippen molar-refractivity contribution in [1.29, 1.82) is 0 Å². The van der Waals surface area contributed by atoms with Crippen LogP contribution in [-0.4, -0.2) is 18.2 Å². The zero-order valence-electron chi connectivity index (χ0n) is 12.8. The zero-order valence-corrected chi connectivity index (χ0v) is 13.5. The first-order valence-electron chi connectivity index (χ1n) is 7.66. The van der Waals surface area contributed by atoms with E-state index in [1.165, 1.54) is 24.1 Å². The van der Waals surface area contributed by atoms with Crippen LogP contribution in [0, 0.1) is 6.92 Å². The summed E-state index contributed by atoms with van der Waals surface area (Å²) in [6.07, 6.45) is 3.28. The van der Waals surface area contributed by atoms with Crippen molar-refractivity contribution in [2.24, 2.45) is 0 Å². The summed E-state index contributed by atoms with van der Waals surface area (Å²) in [7, 11) is 0. The van der Waals surface area contributed by atoms with Gasteiger partial charge in [0.25, 0.3) is 0 Å². The monoisotopic (exact) mass is 316 g/mol. The molecule has 0 aliphatic carbocycles. The number of nitrogens with two attached hydrogens (primary N) is 1. The maximum Gasteiger partial charge on any atom is 0.139 e. The van der Waals surface area contributed by atoms with E-state index in [1.807, 2.05) is 13.0 Å². The number of benzene rings is 2. The molecule has 0 spiro atoms. The molecule has 0 atom stereocenters. The smallest absolute Gasteiger partial charge is 0.139 e. The van der Waals surface area contributed by atoms with Crippen LogP contribution in [0.1, 0.15) is 29.5 Å². The zero-order chi connectivity index (χ0) is 15.7. The average molecular weight is 317 g/mol. The summed E-state index contributed by atoms with van der Waals surface area (Å²) < 4.78 is 0. The van der Waals surface area contributed by atoms with Crippen molar-refractivity contribution in [1.82, 2.24) is 0 Å². The molecule has 3 rings (SSSR count). The lowest BCUT2D eigenvalue weighted by Gasteiger charge is -2.18. The molecule has 4 heteroatoms. The lowest BCUT2D eigenvalue weighted by Crippen LogP contribution is -2.17. The van der Waals surface area contributed by atoms with Gasteiger partial charge < -0.3 is 15.7 Å². The van der Waals surface area contributed by atoms with E-state index in [0.29, 0.717) is 12.1 Å². The van der Waals surface area contributed by atoms with Gasteiger partial charge in [0.2, 0.25) is 0 Å². The highest BCUT2D eigenvalue weighted by atomic mass is 35.5. The molecule has 0 radical (unpaired) electrons. The maximum atomic E-state index is 9.82. The minimum absolute atomic E-state index is 0.0762. The Morgan fingerprint density at radius 2 is 1.82 bits per heavy atom. The summed E-state index contributed by atoms with van der Waals surface area (Å²) in [5.41, 5.74) is 10.7. The molecule has 1 saturated heterocycles. The molecule has 2 aromatic carbocycles. The molecule has 3 nitrogen and oxygen atoms in total. The molecular weight excluding hydrogens is 296 g/mol. The average Bonchev–Trinajstić information content (AvgIpc) is 3.05. The Balaban J connectivity index is 1.81. The van der Waals surface area contributed by atoms with Crippen molar-refractivity contribution in [2.75, 3.05) is 23.7 Å². The van der Waals surface area contributed by atoms with Crippen LogP contribution in [0.2, 0.25) is 5.02 Å². The lowest BCUT2D eigenvalue weighted by molar-refractivity contribution is 0.471. The van der Waals surface area contributed by atoms with Gasteiger partial charge in [0, 0.05) is 18.8 Å². The Labute approximate surface area is 136 Å². The van der Waals surface area contributed by atoms with E-state index in [1.54, 1.807) is 0 Å². The van der Waals surface area contributed by atoms with Gasteiger partial charge in [-0.3, -0.25) is 0 Å². The van der Waals surface area contributed by atoms with Gasteiger partial charge in [0.05, 0.1) is 5.69 Å². The number of aryl methyl sites for hydroxylation is 1. The normalized spacial score (nSPS) is 14.5. The number of halogens is 1. The third-order valence-electron chi connectivity index (χ3n) is 4.36. The van der Waals surface area contributed by atoms with Crippen LogP contribution in [0.5, 0.6) is 5.75 Å². The minimum Gasteiger partial charge on any atom is -0.506 e. The number of aromatic hydroxyl groups is 1. The van der Waals surface area contributed by atoms with E-state index in [2.05, 4.69) is 29.2 Å². The van der Waals surface area contributed by atoms with E-state index in [9.17, 15) is 5.11 Å². The summed E-state index contributed by atoms with van der Waals surface area (Å²) in [6, 6.07) is 10.5. The van der Waals surface area contributed by atoms with Gasteiger partial charge in [-0.2, -0.15) is 0 Å². The van der Waals surface area contributed by atoms with E-state index < -0.39 is 0 Å². The van der Waals surface area contributed by atoms with Crippen LogP contribution in [0.4, 0.5) is 11.4 Å². The quantitative estimate of drug-likeness (QED) is 0.837. The Morgan fingerprint density at radius 3 is 2.45 bits per heavy atom. The van der Waals surface area contributed by atoms with Crippen molar-refractivity contribution in [3.8, 4) is 5.75 Å². The lowest BCUT2D eigenvalue weighted by atomic mass is 10.0. The molecule has 0 amide bonds. The third kappa shape index (κ3) is 2.86. The highest BCUT2D eigenvalue weighted by Crippen LogP contribution is 2.36. The summed E-state index contributed by atoms with van der Waals surface area (Å²) in [5.74, 6) is 0.0762. The Kier molecular flexibility index (Phi) is 4.16. The summed E-state index contributed by atoms with van der Waals surface area (Å²) in [5, 5.41) is 10.1. The molecule has 1 aliphatic heterocycles. The molecule has 116 valence electrons. The van der Waals surface area contributed by atoms with E-state index in [0.717, 1.165) is 24.2 Å². The number of hydrogen-bond donors (Lipinski definition) is 2. The van der Waals surface area contributed by atoms with Crippen molar-refractivity contribution in [2.45, 2.75) is 26.2 Å². The number of nitrogen functional groups attached to an aromatic ring is 1. The second-order valence-electron chi connectivity index (χ2n) is 5.97. The molecular formula is C18H21ClN2O. The van der Waals surface area contributed by atoms with Gasteiger partial charge in [-0.1, -0.05) is 23.7 Å². The minimum atomic E-state index is 0.0762. The number of nitrogens with zero attached hydrogens (tertiary/aromatic N) is 1. The molecule has 0 saturated carbocycles. The summed E-state index contributed by atoms with van der Waals surface area (Å²) in [6.45, 7) is 4.14. The first-order valence-corrected chi connectivity index (χ1v) is 8.04. The number of anilines is 2. The predicted molar refractivity (Wildman–Crippen MR) is 93.0 cm³/mol. The molecule has 22 heavy (non-hydrogen) atoms. The number of phenolic OH excluding ortho intramolecular Hbond substituents is 1. The van der Waals surface area contributed by atoms with Gasteiger partial charge in [-0.15, -0.1) is 0 Å². The molecule has 1 aliphatic rings. The molecule has 0 unspecified atom stereocenters. The molecule has 0 aromatic heterocycles. The number of rotatable bonds is 3. The summed E-state index contributed by atoms with van der Waals surface area (Å²) >= 11 is 6.08. The van der Waals surface area contributed by atoms with Crippen molar-refractivity contribution >= 4 is 23.0 Å². The Hall–Kier alpha value is -1.87. The van der Waals surface area contributed by atoms with E-state index in [4.69, 9.17) is 17.3 Å². The van der Waals surface area contributed by atoms with E-state index >= 15 is 0 Å². The van der Waals surface area contributed by atoms with Crippen molar-refractivity contribution in [3.05, 3.63) is 52.0 Å². The van der Waals surface area contributed by atoms with Crippen LogP contribution in [0.25, 0.3) is 0 Å². The van der Waals surface area contributed by atoms with Gasteiger partial charge in [0.15, 0.2) is 0 Å². The third-order valence-corrected chi connectivity index (χ3v) is 4.74. The van der Waals surface area contributed by atoms with Gasteiger partial charge in [0.1, 0.15) is 10.8 Å². The second-order valence-corrected chi connectivity index (χ2v) is 6.34. The fourth-order valence-corrected chi connectivity index (χ4v) is 3.29. The van der Waals surface area contributed by atoms with Gasteiger partial charge in [-0.25, -0.2) is 0 Å². The van der Waals surface area contributed by atoms with E-state index in [-0.39, 0.29) is 10.8 Å². The maximum absolute atomic E-state index is 9.82.